The van der Waals surface area contributed by atoms with Crippen LogP contribution in [0, 0.1) is 0 Å². The van der Waals surface area contributed by atoms with Crippen LogP contribution < -0.4 is 0 Å². The maximum absolute atomic E-state index is 10.6. The quantitative estimate of drug-likeness (QED) is 0.868. The molecule has 0 saturated heterocycles. The van der Waals surface area contributed by atoms with Crippen molar-refractivity contribution in [2.75, 3.05) is 0 Å². The second-order valence-corrected chi connectivity index (χ2v) is 4.38. The zero-order chi connectivity index (χ0) is 11.4. The van der Waals surface area contributed by atoms with Crippen LogP contribution in [0.1, 0.15) is 23.6 Å². The average molecular weight is 288 g/mol. The SMILES string of the molecule is CC.O=C(O)c1nc2ccc(Br)cc2s1. The molecule has 3 nitrogen and oxygen atoms in total. The number of carbonyl (C=O) groups is 1. The number of halogens is 1. The third kappa shape index (κ3) is 2.76. The molecule has 80 valence electrons. The molecule has 0 bridgehead atoms. The van der Waals surface area contributed by atoms with E-state index in [-0.39, 0.29) is 5.01 Å². The van der Waals surface area contributed by atoms with Gasteiger partial charge in [-0.05, 0) is 18.2 Å². The third-order valence-corrected chi connectivity index (χ3v) is 3.03. The number of aromatic nitrogens is 1. The van der Waals surface area contributed by atoms with Crippen molar-refractivity contribution in [2.45, 2.75) is 13.8 Å². The number of benzene rings is 1. The van der Waals surface area contributed by atoms with E-state index in [1.807, 2.05) is 26.0 Å². The molecule has 2 aromatic rings. The Labute approximate surface area is 99.9 Å². The third-order valence-electron chi connectivity index (χ3n) is 1.53. The molecule has 15 heavy (non-hydrogen) atoms. The molecule has 0 fully saturated rings. The van der Waals surface area contributed by atoms with Crippen molar-refractivity contribution >= 4 is 43.5 Å². The van der Waals surface area contributed by atoms with Gasteiger partial charge in [0.15, 0.2) is 0 Å². The highest BCUT2D eigenvalue weighted by Gasteiger charge is 2.09. The first kappa shape index (κ1) is 12.1. The Morgan fingerprint density at radius 3 is 2.73 bits per heavy atom. The highest BCUT2D eigenvalue weighted by Crippen LogP contribution is 2.25. The van der Waals surface area contributed by atoms with E-state index < -0.39 is 5.97 Å². The molecule has 0 radical (unpaired) electrons. The molecule has 0 aliphatic heterocycles. The van der Waals surface area contributed by atoms with Crippen LogP contribution in [0.4, 0.5) is 0 Å². The number of hydrogen-bond acceptors (Lipinski definition) is 3. The Hall–Kier alpha value is -0.940. The molecule has 0 aliphatic carbocycles. The minimum Gasteiger partial charge on any atom is -0.476 e. The van der Waals surface area contributed by atoms with Crippen molar-refractivity contribution in [3.8, 4) is 0 Å². The first-order valence-corrected chi connectivity index (χ1v) is 6.07. The smallest absolute Gasteiger partial charge is 0.365 e. The van der Waals surface area contributed by atoms with E-state index in [9.17, 15) is 4.79 Å². The van der Waals surface area contributed by atoms with Crippen LogP contribution in [-0.2, 0) is 0 Å². The number of carboxylic acid groups (broad SMARTS) is 1. The van der Waals surface area contributed by atoms with Gasteiger partial charge < -0.3 is 5.11 Å². The van der Waals surface area contributed by atoms with Crippen LogP contribution in [0.5, 0.6) is 0 Å². The minimum atomic E-state index is -0.975. The molecule has 1 aromatic heterocycles. The molecular weight excluding hydrogens is 278 g/mol. The highest BCUT2D eigenvalue weighted by atomic mass is 79.9. The lowest BCUT2D eigenvalue weighted by molar-refractivity contribution is 0.0696. The Morgan fingerprint density at radius 2 is 2.13 bits per heavy atom. The summed E-state index contributed by atoms with van der Waals surface area (Å²) in [7, 11) is 0. The van der Waals surface area contributed by atoms with E-state index in [0.717, 1.165) is 14.7 Å². The summed E-state index contributed by atoms with van der Waals surface area (Å²) in [6, 6.07) is 5.50. The molecule has 1 aromatic carbocycles. The van der Waals surface area contributed by atoms with E-state index in [1.54, 1.807) is 6.07 Å². The maximum atomic E-state index is 10.6. The predicted molar refractivity (Wildman–Crippen MR) is 65.6 cm³/mol. The molecule has 5 heteroatoms. The molecule has 0 aliphatic rings. The lowest BCUT2D eigenvalue weighted by atomic mass is 10.3. The number of nitrogens with zero attached hydrogens (tertiary/aromatic N) is 1. The predicted octanol–water partition coefficient (Wildman–Crippen LogP) is 3.78. The lowest BCUT2D eigenvalue weighted by Gasteiger charge is -1.86. The Morgan fingerprint density at radius 1 is 1.47 bits per heavy atom. The summed E-state index contributed by atoms with van der Waals surface area (Å²) < 4.78 is 1.81. The molecule has 0 saturated carbocycles. The zero-order valence-corrected chi connectivity index (χ0v) is 10.7. The molecule has 0 atom stereocenters. The fourth-order valence-electron chi connectivity index (χ4n) is 0.990. The van der Waals surface area contributed by atoms with Gasteiger partial charge in [0.2, 0.25) is 5.01 Å². The van der Waals surface area contributed by atoms with E-state index in [4.69, 9.17) is 5.11 Å². The highest BCUT2D eigenvalue weighted by molar-refractivity contribution is 9.10. The van der Waals surface area contributed by atoms with Gasteiger partial charge in [0, 0.05) is 4.47 Å². The summed E-state index contributed by atoms with van der Waals surface area (Å²) in [6.07, 6.45) is 0. The van der Waals surface area contributed by atoms with Crippen LogP contribution >= 0.6 is 27.3 Å². The molecule has 0 amide bonds. The van der Waals surface area contributed by atoms with Crippen molar-refractivity contribution in [1.29, 1.82) is 0 Å². The van der Waals surface area contributed by atoms with Crippen molar-refractivity contribution in [3.05, 3.63) is 27.7 Å². The molecule has 1 heterocycles. The Balaban J connectivity index is 0.000000531. The summed E-state index contributed by atoms with van der Waals surface area (Å²) in [5, 5.41) is 8.82. The molecule has 2 rings (SSSR count). The van der Waals surface area contributed by atoms with Gasteiger partial charge in [-0.15, -0.1) is 11.3 Å². The van der Waals surface area contributed by atoms with Gasteiger partial charge in [0.25, 0.3) is 0 Å². The fourth-order valence-corrected chi connectivity index (χ4v) is 2.35. The monoisotopic (exact) mass is 287 g/mol. The van der Waals surface area contributed by atoms with Crippen molar-refractivity contribution < 1.29 is 9.90 Å². The summed E-state index contributed by atoms with van der Waals surface area (Å²) in [5.74, 6) is -0.975. The topological polar surface area (TPSA) is 50.2 Å². The first-order chi connectivity index (χ1) is 7.16. The van der Waals surface area contributed by atoms with Crippen molar-refractivity contribution in [1.82, 2.24) is 4.98 Å². The summed E-state index contributed by atoms with van der Waals surface area (Å²) in [5.41, 5.74) is 0.727. The lowest BCUT2D eigenvalue weighted by Crippen LogP contribution is -1.93. The largest absolute Gasteiger partial charge is 0.476 e. The Bertz CT molecular complexity index is 481. The van der Waals surface area contributed by atoms with Crippen LogP contribution in [0.2, 0.25) is 0 Å². The zero-order valence-electron chi connectivity index (χ0n) is 8.32. The fraction of sp³-hybridized carbons (Fsp3) is 0.200. The van der Waals surface area contributed by atoms with Gasteiger partial charge in [-0.3, -0.25) is 0 Å². The standard InChI is InChI=1S/C8H4BrNO2S.C2H6/c9-4-1-2-5-6(3-4)13-7(10-5)8(11)12;1-2/h1-3H,(H,11,12);1-2H3. The second-order valence-electron chi connectivity index (χ2n) is 2.44. The summed E-state index contributed by atoms with van der Waals surface area (Å²) in [6.45, 7) is 4.00. The second kappa shape index (κ2) is 5.23. The van der Waals surface area contributed by atoms with Crippen molar-refractivity contribution in [3.63, 3.8) is 0 Å². The number of thiazole rings is 1. The number of carboxylic acids is 1. The van der Waals surface area contributed by atoms with Gasteiger partial charge in [-0.1, -0.05) is 29.8 Å². The number of fused-ring (bicyclic) bond motifs is 1. The van der Waals surface area contributed by atoms with Crippen LogP contribution in [0.3, 0.4) is 0 Å². The van der Waals surface area contributed by atoms with Crippen LogP contribution in [-0.4, -0.2) is 16.1 Å². The van der Waals surface area contributed by atoms with Gasteiger partial charge in [-0.25, -0.2) is 9.78 Å². The minimum absolute atomic E-state index is 0.133. The van der Waals surface area contributed by atoms with Crippen LogP contribution in [0.15, 0.2) is 22.7 Å². The number of hydrogen-bond donors (Lipinski definition) is 1. The average Bonchev–Trinajstić information content (AvgIpc) is 2.63. The van der Waals surface area contributed by atoms with Crippen LogP contribution in [0.25, 0.3) is 10.2 Å². The van der Waals surface area contributed by atoms with Gasteiger partial charge in [0.05, 0.1) is 10.2 Å². The van der Waals surface area contributed by atoms with Gasteiger partial charge in [-0.2, -0.15) is 0 Å². The number of aromatic carboxylic acids is 1. The normalized spacial score (nSPS) is 9.53. The molecule has 0 spiro atoms. The molecular formula is C10H10BrNO2S. The van der Waals surface area contributed by atoms with Crippen molar-refractivity contribution in [2.24, 2.45) is 0 Å². The van der Waals surface area contributed by atoms with Gasteiger partial charge in [0.1, 0.15) is 0 Å². The maximum Gasteiger partial charge on any atom is 0.365 e. The Kier molecular flexibility index (Phi) is 4.23. The first-order valence-electron chi connectivity index (χ1n) is 4.46. The summed E-state index contributed by atoms with van der Waals surface area (Å²) in [4.78, 5) is 14.5. The summed E-state index contributed by atoms with van der Waals surface area (Å²) >= 11 is 4.49. The van der Waals surface area contributed by atoms with E-state index in [0.29, 0.717) is 0 Å². The molecule has 1 N–H and O–H groups in total. The van der Waals surface area contributed by atoms with E-state index in [1.165, 1.54) is 11.3 Å². The van der Waals surface area contributed by atoms with Gasteiger partial charge >= 0.3 is 5.97 Å². The van der Waals surface area contributed by atoms with E-state index in [2.05, 4.69) is 20.9 Å². The molecule has 0 unspecified atom stereocenters. The van der Waals surface area contributed by atoms with E-state index >= 15 is 0 Å². The number of rotatable bonds is 1.